The van der Waals surface area contributed by atoms with Crippen molar-refractivity contribution in [3.8, 4) is 0 Å². The smallest absolute Gasteiger partial charge is 0.290 e. The highest BCUT2D eigenvalue weighted by Gasteiger charge is 2.25. The number of amides is 2. The highest BCUT2D eigenvalue weighted by Crippen LogP contribution is 2.30. The number of anilines is 1. The number of thioether (sulfide) groups is 1. The van der Waals surface area contributed by atoms with Crippen molar-refractivity contribution in [2.75, 3.05) is 5.32 Å². The van der Waals surface area contributed by atoms with Crippen LogP contribution < -0.4 is 10.6 Å². The lowest BCUT2D eigenvalue weighted by Crippen LogP contribution is -2.17. The van der Waals surface area contributed by atoms with Crippen molar-refractivity contribution in [2.45, 2.75) is 13.5 Å². The summed E-state index contributed by atoms with van der Waals surface area (Å²) in [6, 6.07) is 10.0. The summed E-state index contributed by atoms with van der Waals surface area (Å²) in [6.45, 7) is 2.70. The number of rotatable bonds is 5. The lowest BCUT2D eigenvalue weighted by atomic mass is 10.0. The Kier molecular flexibility index (Phi) is 5.17. The fraction of sp³-hybridized carbons (Fsp3) is 0.111. The largest absolute Gasteiger partial charge is 0.380 e. The summed E-state index contributed by atoms with van der Waals surface area (Å²) >= 11 is 2.64. The van der Waals surface area contributed by atoms with Crippen LogP contribution >= 0.6 is 23.1 Å². The van der Waals surface area contributed by atoms with E-state index in [0.29, 0.717) is 4.91 Å². The minimum absolute atomic E-state index is 0.328. The minimum atomic E-state index is -0.339. The number of hydrogen-bond donors (Lipinski definition) is 2. The first-order chi connectivity index (χ1) is 11.7. The summed E-state index contributed by atoms with van der Waals surface area (Å²) < 4.78 is 0. The molecule has 2 N–H and O–H groups in total. The molecule has 0 aliphatic carbocycles. The van der Waals surface area contributed by atoms with E-state index in [1.54, 1.807) is 17.4 Å². The number of benzene rings is 1. The number of hydrogen-bond acceptors (Lipinski definition) is 5. The number of thiophene rings is 1. The first-order valence-corrected chi connectivity index (χ1v) is 9.14. The second-order valence-electron chi connectivity index (χ2n) is 5.09. The molecule has 4 nitrogen and oxygen atoms in total. The van der Waals surface area contributed by atoms with Gasteiger partial charge in [0.2, 0.25) is 0 Å². The molecule has 0 saturated carbocycles. The molecule has 0 atom stereocenters. The van der Waals surface area contributed by atoms with E-state index in [-0.39, 0.29) is 11.1 Å². The molecule has 0 bridgehead atoms. The zero-order valence-corrected chi connectivity index (χ0v) is 14.7. The van der Waals surface area contributed by atoms with Crippen LogP contribution in [-0.4, -0.2) is 11.1 Å². The van der Waals surface area contributed by atoms with E-state index in [4.69, 9.17) is 0 Å². The zero-order valence-electron chi connectivity index (χ0n) is 13.0. The van der Waals surface area contributed by atoms with Gasteiger partial charge in [0.25, 0.3) is 11.1 Å². The Hall–Kier alpha value is -2.31. The van der Waals surface area contributed by atoms with Gasteiger partial charge in [0.1, 0.15) is 0 Å². The van der Waals surface area contributed by atoms with E-state index in [1.807, 2.05) is 43.3 Å². The average molecular weight is 356 g/mol. The molecular formula is C18H16N2O2S2. The van der Waals surface area contributed by atoms with Gasteiger partial charge in [-0.25, -0.2) is 0 Å². The fourth-order valence-electron chi connectivity index (χ4n) is 2.37. The number of imide groups is 1. The average Bonchev–Trinajstić information content (AvgIpc) is 3.18. The molecular weight excluding hydrogens is 340 g/mol. The molecule has 2 heterocycles. The molecule has 2 amide bonds. The maximum atomic E-state index is 11.8. The number of carbonyl (C=O) groups is 2. The van der Waals surface area contributed by atoms with E-state index >= 15 is 0 Å². The van der Waals surface area contributed by atoms with Crippen molar-refractivity contribution in [3.05, 3.63) is 62.7 Å². The van der Waals surface area contributed by atoms with Crippen molar-refractivity contribution in [3.63, 3.8) is 0 Å². The Labute approximate surface area is 148 Å². The third kappa shape index (κ3) is 3.77. The van der Waals surface area contributed by atoms with Crippen LogP contribution in [0.5, 0.6) is 0 Å². The fourth-order valence-corrected chi connectivity index (χ4v) is 3.69. The molecule has 0 unspecified atom stereocenters. The van der Waals surface area contributed by atoms with Gasteiger partial charge in [-0.15, -0.1) is 11.3 Å². The third-order valence-corrected chi connectivity index (χ3v) is 5.12. The Morgan fingerprint density at radius 3 is 2.75 bits per heavy atom. The first kappa shape index (κ1) is 16.5. The van der Waals surface area contributed by atoms with Gasteiger partial charge in [0, 0.05) is 22.7 Å². The molecule has 6 heteroatoms. The van der Waals surface area contributed by atoms with Gasteiger partial charge in [-0.2, -0.15) is 0 Å². The topological polar surface area (TPSA) is 58.2 Å². The van der Waals surface area contributed by atoms with Crippen molar-refractivity contribution in [2.24, 2.45) is 0 Å². The molecule has 1 aliphatic heterocycles. The molecule has 1 fully saturated rings. The predicted octanol–water partition coefficient (Wildman–Crippen LogP) is 4.72. The third-order valence-electron chi connectivity index (χ3n) is 3.43. The van der Waals surface area contributed by atoms with Gasteiger partial charge in [0.15, 0.2) is 0 Å². The van der Waals surface area contributed by atoms with Crippen LogP contribution in [0.4, 0.5) is 10.5 Å². The normalized spacial score (nSPS) is 16.1. The Balaban J connectivity index is 1.91. The van der Waals surface area contributed by atoms with Gasteiger partial charge in [-0.05, 0) is 47.8 Å². The summed E-state index contributed by atoms with van der Waals surface area (Å²) in [4.78, 5) is 24.8. The lowest BCUT2D eigenvalue weighted by molar-refractivity contribution is -0.115. The Bertz CT molecular complexity index is 824. The predicted molar refractivity (Wildman–Crippen MR) is 102 cm³/mol. The summed E-state index contributed by atoms with van der Waals surface area (Å²) in [6.07, 6.45) is 5.72. The van der Waals surface area contributed by atoms with Crippen LogP contribution in [0.15, 0.2) is 46.7 Å². The maximum absolute atomic E-state index is 11.8. The summed E-state index contributed by atoms with van der Waals surface area (Å²) in [5.74, 6) is -0.339. The quantitative estimate of drug-likeness (QED) is 0.761. The van der Waals surface area contributed by atoms with Gasteiger partial charge < -0.3 is 5.32 Å². The minimum Gasteiger partial charge on any atom is -0.380 e. The van der Waals surface area contributed by atoms with E-state index < -0.39 is 0 Å². The lowest BCUT2D eigenvalue weighted by Gasteiger charge is -2.12. The Morgan fingerprint density at radius 1 is 1.21 bits per heavy atom. The highest BCUT2D eigenvalue weighted by molar-refractivity contribution is 8.18. The van der Waals surface area contributed by atoms with Crippen LogP contribution in [0.3, 0.4) is 0 Å². The van der Waals surface area contributed by atoms with Gasteiger partial charge in [-0.3, -0.25) is 14.9 Å². The first-order valence-electron chi connectivity index (χ1n) is 7.44. The van der Waals surface area contributed by atoms with Gasteiger partial charge in [-0.1, -0.05) is 30.4 Å². The van der Waals surface area contributed by atoms with E-state index in [1.165, 1.54) is 4.88 Å². The second-order valence-corrected chi connectivity index (χ2v) is 7.14. The number of nitrogens with one attached hydrogen (secondary N) is 2. The zero-order chi connectivity index (χ0) is 16.9. The van der Waals surface area contributed by atoms with E-state index in [9.17, 15) is 9.59 Å². The second kappa shape index (κ2) is 7.51. The van der Waals surface area contributed by atoms with Crippen molar-refractivity contribution >= 4 is 52.1 Å². The molecule has 0 spiro atoms. The van der Waals surface area contributed by atoms with Crippen molar-refractivity contribution < 1.29 is 9.59 Å². The SMILES string of the molecule is C/C=C\c1c(/C=C2\SC(=O)NC2=O)cccc1NCc1cccs1. The van der Waals surface area contributed by atoms with Crippen molar-refractivity contribution in [1.29, 1.82) is 0 Å². The molecule has 1 aliphatic rings. The van der Waals surface area contributed by atoms with Crippen LogP contribution in [0.2, 0.25) is 0 Å². The van der Waals surface area contributed by atoms with Crippen molar-refractivity contribution in [1.82, 2.24) is 5.32 Å². The molecule has 122 valence electrons. The molecule has 2 aromatic rings. The standard InChI is InChI=1S/C18H16N2O2S2/c1-2-5-14-12(10-16-17(21)20-18(22)24-16)6-3-8-15(14)19-11-13-7-4-9-23-13/h2-10,19H,11H2,1H3,(H,20,21,22)/b5-2-,16-10-. The molecule has 0 radical (unpaired) electrons. The molecule has 1 saturated heterocycles. The van der Waals surface area contributed by atoms with Crippen LogP contribution in [0, 0.1) is 0 Å². The molecule has 24 heavy (non-hydrogen) atoms. The molecule has 3 rings (SSSR count). The van der Waals surface area contributed by atoms with E-state index in [2.05, 4.69) is 22.1 Å². The Morgan fingerprint density at radius 2 is 2.08 bits per heavy atom. The summed E-state index contributed by atoms with van der Waals surface area (Å²) in [7, 11) is 0. The molecule has 1 aromatic carbocycles. The van der Waals surface area contributed by atoms with Gasteiger partial charge in [0.05, 0.1) is 4.91 Å². The van der Waals surface area contributed by atoms with Crippen LogP contribution in [0.25, 0.3) is 12.2 Å². The van der Waals surface area contributed by atoms with E-state index in [0.717, 1.165) is 35.1 Å². The highest BCUT2D eigenvalue weighted by atomic mass is 32.2. The summed E-state index contributed by atoms with van der Waals surface area (Å²) in [5.41, 5.74) is 2.89. The number of allylic oxidation sites excluding steroid dienone is 1. The monoisotopic (exact) mass is 356 g/mol. The van der Waals surface area contributed by atoms with Crippen LogP contribution in [-0.2, 0) is 11.3 Å². The number of carbonyl (C=O) groups excluding carboxylic acids is 2. The molecule has 1 aromatic heterocycles. The maximum Gasteiger partial charge on any atom is 0.290 e. The van der Waals surface area contributed by atoms with Gasteiger partial charge >= 0.3 is 0 Å². The summed E-state index contributed by atoms with van der Waals surface area (Å²) in [5, 5.41) is 7.45. The van der Waals surface area contributed by atoms with Crippen LogP contribution in [0.1, 0.15) is 22.9 Å².